The van der Waals surface area contributed by atoms with Gasteiger partial charge in [0.05, 0.1) is 0 Å². The fourth-order valence-electron chi connectivity index (χ4n) is 1.78. The molecule has 1 saturated heterocycles. The summed E-state index contributed by atoms with van der Waals surface area (Å²) in [5.41, 5.74) is 0.374. The van der Waals surface area contributed by atoms with Crippen molar-refractivity contribution in [1.29, 1.82) is 0 Å². The van der Waals surface area contributed by atoms with Crippen molar-refractivity contribution in [1.82, 2.24) is 5.32 Å². The maximum Gasteiger partial charge on any atom is 0.251 e. The number of carbonyl (C=O) groups is 1. The summed E-state index contributed by atoms with van der Waals surface area (Å²) in [6, 6.07) is 4.32. The molecule has 0 bridgehead atoms. The van der Waals surface area contributed by atoms with Crippen molar-refractivity contribution in [2.45, 2.75) is 18.9 Å². The maximum atomic E-state index is 11.9. The fourth-order valence-corrected chi connectivity index (χ4v) is 2.88. The van der Waals surface area contributed by atoms with Gasteiger partial charge in [0.15, 0.2) is 11.5 Å². The number of phenols is 2. The maximum absolute atomic E-state index is 11.9. The van der Waals surface area contributed by atoms with E-state index < -0.39 is 0 Å². The number of aromatic hydroxyl groups is 2. The Morgan fingerprint density at radius 2 is 1.94 bits per heavy atom. The van der Waals surface area contributed by atoms with Crippen LogP contribution < -0.4 is 5.32 Å². The van der Waals surface area contributed by atoms with Crippen LogP contribution in [0.25, 0.3) is 0 Å². The van der Waals surface area contributed by atoms with Gasteiger partial charge in [-0.2, -0.15) is 11.8 Å². The van der Waals surface area contributed by atoms with Gasteiger partial charge in [-0.25, -0.2) is 0 Å². The Morgan fingerprint density at radius 1 is 1.24 bits per heavy atom. The predicted molar refractivity (Wildman–Crippen MR) is 67.6 cm³/mol. The summed E-state index contributed by atoms with van der Waals surface area (Å²) in [7, 11) is 0. The third kappa shape index (κ3) is 3.06. The zero-order valence-electron chi connectivity index (χ0n) is 9.35. The predicted octanol–water partition coefficient (Wildman–Crippen LogP) is 1.72. The highest BCUT2D eigenvalue weighted by Crippen LogP contribution is 2.25. The molecule has 0 atom stereocenters. The van der Waals surface area contributed by atoms with Gasteiger partial charge in [0.1, 0.15) is 0 Å². The lowest BCUT2D eigenvalue weighted by atomic mass is 10.1. The largest absolute Gasteiger partial charge is 0.504 e. The van der Waals surface area contributed by atoms with Crippen LogP contribution in [0, 0.1) is 0 Å². The minimum atomic E-state index is -0.267. The van der Waals surface area contributed by atoms with Crippen LogP contribution in [-0.2, 0) is 0 Å². The monoisotopic (exact) mass is 253 g/mol. The molecule has 1 fully saturated rings. The van der Waals surface area contributed by atoms with Crippen molar-refractivity contribution >= 4 is 17.7 Å². The summed E-state index contributed by atoms with van der Waals surface area (Å²) in [4.78, 5) is 11.9. The number of phenolic OH excluding ortho intramolecular Hbond substituents is 2. The first-order chi connectivity index (χ1) is 8.16. The lowest BCUT2D eigenvalue weighted by Gasteiger charge is -2.22. The average Bonchev–Trinajstić information content (AvgIpc) is 2.34. The van der Waals surface area contributed by atoms with Gasteiger partial charge >= 0.3 is 0 Å². The molecule has 2 rings (SSSR count). The second kappa shape index (κ2) is 5.31. The number of rotatable bonds is 2. The molecule has 1 aromatic rings. The first kappa shape index (κ1) is 12.1. The van der Waals surface area contributed by atoms with E-state index in [1.165, 1.54) is 18.2 Å². The quantitative estimate of drug-likeness (QED) is 0.702. The Labute approximate surface area is 104 Å². The molecule has 0 unspecified atom stereocenters. The van der Waals surface area contributed by atoms with E-state index in [0.29, 0.717) is 5.56 Å². The van der Waals surface area contributed by atoms with Gasteiger partial charge in [0.25, 0.3) is 5.91 Å². The standard InChI is InChI=1S/C12H15NO3S/c14-10-2-1-8(7-11(10)15)12(16)13-9-3-5-17-6-4-9/h1-2,7,9,14-15H,3-6H2,(H,13,16). The van der Waals surface area contributed by atoms with Crippen LogP contribution in [-0.4, -0.2) is 33.7 Å². The van der Waals surface area contributed by atoms with Gasteiger partial charge < -0.3 is 15.5 Å². The highest BCUT2D eigenvalue weighted by Gasteiger charge is 2.17. The summed E-state index contributed by atoms with van der Waals surface area (Å²) in [6.45, 7) is 0. The summed E-state index contributed by atoms with van der Waals surface area (Å²) in [5.74, 6) is 1.47. The summed E-state index contributed by atoms with van der Waals surface area (Å²) < 4.78 is 0. The molecule has 17 heavy (non-hydrogen) atoms. The molecule has 5 heteroatoms. The third-order valence-corrected chi connectivity index (χ3v) is 3.84. The Bertz CT molecular complexity index is 416. The smallest absolute Gasteiger partial charge is 0.251 e. The van der Waals surface area contributed by atoms with E-state index in [4.69, 9.17) is 5.11 Å². The number of hydrogen-bond donors (Lipinski definition) is 3. The number of thioether (sulfide) groups is 1. The first-order valence-electron chi connectivity index (χ1n) is 5.57. The molecular formula is C12H15NO3S. The molecule has 0 spiro atoms. The van der Waals surface area contributed by atoms with E-state index in [9.17, 15) is 9.90 Å². The van der Waals surface area contributed by atoms with E-state index >= 15 is 0 Å². The van der Waals surface area contributed by atoms with E-state index in [-0.39, 0.29) is 23.4 Å². The molecule has 1 aliphatic heterocycles. The van der Waals surface area contributed by atoms with Crippen LogP contribution in [0.5, 0.6) is 11.5 Å². The fraction of sp³-hybridized carbons (Fsp3) is 0.417. The normalized spacial score (nSPS) is 16.7. The third-order valence-electron chi connectivity index (χ3n) is 2.79. The number of hydrogen-bond acceptors (Lipinski definition) is 4. The van der Waals surface area contributed by atoms with E-state index in [2.05, 4.69) is 5.32 Å². The van der Waals surface area contributed by atoms with Crippen LogP contribution in [0.1, 0.15) is 23.2 Å². The van der Waals surface area contributed by atoms with Crippen molar-refractivity contribution in [3.05, 3.63) is 23.8 Å². The number of benzene rings is 1. The highest BCUT2D eigenvalue weighted by atomic mass is 32.2. The Balaban J connectivity index is 2.01. The second-order valence-electron chi connectivity index (χ2n) is 4.06. The molecule has 3 N–H and O–H groups in total. The Kier molecular flexibility index (Phi) is 3.78. The number of nitrogens with one attached hydrogen (secondary N) is 1. The molecule has 4 nitrogen and oxygen atoms in total. The van der Waals surface area contributed by atoms with Gasteiger partial charge in [-0.3, -0.25) is 4.79 Å². The molecule has 1 aliphatic rings. The molecule has 1 aromatic carbocycles. The summed E-state index contributed by atoms with van der Waals surface area (Å²) >= 11 is 1.90. The van der Waals surface area contributed by atoms with Crippen LogP contribution >= 0.6 is 11.8 Å². The molecule has 0 saturated carbocycles. The minimum absolute atomic E-state index is 0.197. The minimum Gasteiger partial charge on any atom is -0.504 e. The molecule has 92 valence electrons. The second-order valence-corrected chi connectivity index (χ2v) is 5.29. The molecule has 0 aromatic heterocycles. The lowest BCUT2D eigenvalue weighted by Crippen LogP contribution is -2.37. The van der Waals surface area contributed by atoms with Crippen LogP contribution in [0.4, 0.5) is 0 Å². The van der Waals surface area contributed by atoms with Crippen molar-refractivity contribution in [2.24, 2.45) is 0 Å². The van der Waals surface area contributed by atoms with Crippen LogP contribution in [0.2, 0.25) is 0 Å². The molecule has 1 heterocycles. The topological polar surface area (TPSA) is 69.6 Å². The average molecular weight is 253 g/mol. The van der Waals surface area contributed by atoms with Crippen molar-refractivity contribution in [2.75, 3.05) is 11.5 Å². The van der Waals surface area contributed by atoms with Gasteiger partial charge in [0.2, 0.25) is 0 Å². The number of carbonyl (C=O) groups excluding carboxylic acids is 1. The van der Waals surface area contributed by atoms with Crippen LogP contribution in [0.3, 0.4) is 0 Å². The molecular weight excluding hydrogens is 238 g/mol. The van der Waals surface area contributed by atoms with Crippen molar-refractivity contribution in [3.8, 4) is 11.5 Å². The number of amides is 1. The Morgan fingerprint density at radius 3 is 2.59 bits per heavy atom. The SMILES string of the molecule is O=C(NC1CCSCC1)c1ccc(O)c(O)c1. The van der Waals surface area contributed by atoms with Crippen molar-refractivity contribution in [3.63, 3.8) is 0 Å². The van der Waals surface area contributed by atoms with Crippen LogP contribution in [0.15, 0.2) is 18.2 Å². The van der Waals surface area contributed by atoms with E-state index in [1.54, 1.807) is 0 Å². The zero-order valence-corrected chi connectivity index (χ0v) is 10.2. The molecule has 0 radical (unpaired) electrons. The summed E-state index contributed by atoms with van der Waals surface area (Å²) in [5, 5.41) is 21.4. The van der Waals surface area contributed by atoms with Gasteiger partial charge in [-0.1, -0.05) is 0 Å². The lowest BCUT2D eigenvalue weighted by molar-refractivity contribution is 0.0934. The van der Waals surface area contributed by atoms with E-state index in [1.807, 2.05) is 11.8 Å². The first-order valence-corrected chi connectivity index (χ1v) is 6.73. The van der Waals surface area contributed by atoms with Gasteiger partial charge in [0, 0.05) is 11.6 Å². The molecule has 0 aliphatic carbocycles. The van der Waals surface area contributed by atoms with Crippen molar-refractivity contribution < 1.29 is 15.0 Å². The van der Waals surface area contributed by atoms with Gasteiger partial charge in [-0.15, -0.1) is 0 Å². The highest BCUT2D eigenvalue weighted by molar-refractivity contribution is 7.99. The Hall–Kier alpha value is -1.36. The van der Waals surface area contributed by atoms with E-state index in [0.717, 1.165) is 24.3 Å². The summed E-state index contributed by atoms with van der Waals surface area (Å²) in [6.07, 6.45) is 1.97. The van der Waals surface area contributed by atoms with Gasteiger partial charge in [-0.05, 0) is 42.5 Å². The zero-order chi connectivity index (χ0) is 12.3. The molecule has 1 amide bonds.